The standard InChI is InChI=1S/C10H15NO4/c1-7(12)11-5-10(15,6-11)9(8(13)14)3-2-4-9/h15H,2-6H2,1H3,(H,13,14). The molecule has 2 fully saturated rings. The minimum Gasteiger partial charge on any atom is -0.481 e. The van der Waals surface area contributed by atoms with Crippen molar-refractivity contribution in [2.24, 2.45) is 5.41 Å². The summed E-state index contributed by atoms with van der Waals surface area (Å²) in [4.78, 5) is 23.6. The maximum Gasteiger partial charge on any atom is 0.312 e. The maximum absolute atomic E-state index is 11.2. The van der Waals surface area contributed by atoms with Gasteiger partial charge in [0.15, 0.2) is 0 Å². The molecule has 1 saturated heterocycles. The van der Waals surface area contributed by atoms with Crippen molar-refractivity contribution in [2.45, 2.75) is 31.8 Å². The van der Waals surface area contributed by atoms with Crippen molar-refractivity contribution in [1.29, 1.82) is 0 Å². The van der Waals surface area contributed by atoms with Crippen molar-refractivity contribution in [3.63, 3.8) is 0 Å². The van der Waals surface area contributed by atoms with Crippen LogP contribution >= 0.6 is 0 Å². The van der Waals surface area contributed by atoms with E-state index >= 15 is 0 Å². The number of aliphatic hydroxyl groups is 1. The lowest BCUT2D eigenvalue weighted by Gasteiger charge is -2.58. The largest absolute Gasteiger partial charge is 0.481 e. The molecule has 0 aromatic heterocycles. The number of carbonyl (C=O) groups excluding carboxylic acids is 1. The molecule has 0 unspecified atom stereocenters. The van der Waals surface area contributed by atoms with E-state index in [1.54, 1.807) is 0 Å². The Morgan fingerprint density at radius 1 is 1.27 bits per heavy atom. The summed E-state index contributed by atoms with van der Waals surface area (Å²) in [5.41, 5.74) is -2.21. The quantitative estimate of drug-likeness (QED) is 0.668. The molecule has 5 heteroatoms. The number of hydrogen-bond donors (Lipinski definition) is 2. The molecule has 0 aromatic rings. The van der Waals surface area contributed by atoms with E-state index in [1.165, 1.54) is 11.8 Å². The monoisotopic (exact) mass is 213 g/mol. The van der Waals surface area contributed by atoms with Crippen molar-refractivity contribution in [3.8, 4) is 0 Å². The molecule has 2 aliphatic rings. The normalized spacial score (nSPS) is 26.4. The summed E-state index contributed by atoms with van der Waals surface area (Å²) >= 11 is 0. The molecule has 1 saturated carbocycles. The number of carbonyl (C=O) groups is 2. The van der Waals surface area contributed by atoms with Crippen LogP contribution < -0.4 is 0 Å². The Bertz CT molecular complexity index is 315. The molecule has 0 spiro atoms. The lowest BCUT2D eigenvalue weighted by molar-refractivity contribution is -0.220. The molecule has 0 bridgehead atoms. The molecule has 0 aromatic carbocycles. The molecular formula is C10H15NO4. The van der Waals surface area contributed by atoms with Gasteiger partial charge in [0, 0.05) is 6.92 Å². The van der Waals surface area contributed by atoms with Gasteiger partial charge in [-0.1, -0.05) is 6.42 Å². The van der Waals surface area contributed by atoms with E-state index in [0.29, 0.717) is 12.8 Å². The van der Waals surface area contributed by atoms with Gasteiger partial charge in [0.2, 0.25) is 5.91 Å². The first kappa shape index (κ1) is 10.4. The summed E-state index contributed by atoms with van der Waals surface area (Å²) in [6.07, 6.45) is 1.88. The first-order chi connectivity index (χ1) is 6.91. The third kappa shape index (κ3) is 1.19. The van der Waals surface area contributed by atoms with E-state index in [0.717, 1.165) is 6.42 Å². The molecule has 1 aliphatic heterocycles. The molecule has 0 atom stereocenters. The number of amides is 1. The minimum absolute atomic E-state index is 0.112. The lowest BCUT2D eigenvalue weighted by atomic mass is 9.56. The molecule has 15 heavy (non-hydrogen) atoms. The molecule has 2 rings (SSSR count). The third-order valence-electron chi connectivity index (χ3n) is 3.86. The Balaban J connectivity index is 2.11. The number of aliphatic carboxylic acids is 1. The van der Waals surface area contributed by atoms with Gasteiger partial charge in [0.25, 0.3) is 0 Å². The Morgan fingerprint density at radius 2 is 1.80 bits per heavy atom. The average molecular weight is 213 g/mol. The fraction of sp³-hybridized carbons (Fsp3) is 0.800. The second-order valence-corrected chi connectivity index (χ2v) is 4.65. The van der Waals surface area contributed by atoms with Crippen LogP contribution in [0.4, 0.5) is 0 Å². The van der Waals surface area contributed by atoms with E-state index in [1.807, 2.05) is 0 Å². The van der Waals surface area contributed by atoms with Gasteiger partial charge in [-0.25, -0.2) is 0 Å². The van der Waals surface area contributed by atoms with Gasteiger partial charge in [-0.2, -0.15) is 0 Å². The highest BCUT2D eigenvalue weighted by molar-refractivity contribution is 5.80. The van der Waals surface area contributed by atoms with E-state index in [4.69, 9.17) is 5.11 Å². The molecule has 2 N–H and O–H groups in total. The zero-order valence-corrected chi connectivity index (χ0v) is 8.69. The molecule has 84 valence electrons. The molecular weight excluding hydrogens is 198 g/mol. The number of nitrogens with zero attached hydrogens (tertiary/aromatic N) is 1. The number of carboxylic acids is 1. The van der Waals surface area contributed by atoms with Gasteiger partial charge in [0.05, 0.1) is 18.5 Å². The van der Waals surface area contributed by atoms with Crippen LogP contribution in [-0.4, -0.2) is 45.7 Å². The summed E-state index contributed by atoms with van der Waals surface area (Å²) in [5, 5.41) is 19.3. The van der Waals surface area contributed by atoms with Crippen LogP contribution in [0.1, 0.15) is 26.2 Å². The number of hydrogen-bond acceptors (Lipinski definition) is 3. The van der Waals surface area contributed by atoms with Gasteiger partial charge >= 0.3 is 5.97 Å². The zero-order chi connectivity index (χ0) is 11.3. The minimum atomic E-state index is -1.21. The fourth-order valence-electron chi connectivity index (χ4n) is 2.52. The zero-order valence-electron chi connectivity index (χ0n) is 8.69. The Kier molecular flexibility index (Phi) is 2.05. The van der Waals surface area contributed by atoms with E-state index in [9.17, 15) is 14.7 Å². The summed E-state index contributed by atoms with van der Waals surface area (Å²) in [7, 11) is 0. The highest BCUT2D eigenvalue weighted by Gasteiger charge is 2.64. The lowest BCUT2D eigenvalue weighted by Crippen LogP contribution is -2.74. The number of β-amino-alcohol motifs (C(OH)–C–C–N with tert-alkyl or cyclic N) is 1. The van der Waals surface area contributed by atoms with Crippen LogP contribution in [0, 0.1) is 5.41 Å². The molecule has 0 radical (unpaired) electrons. The molecule has 1 amide bonds. The fourth-order valence-corrected chi connectivity index (χ4v) is 2.52. The van der Waals surface area contributed by atoms with Crippen molar-refractivity contribution in [3.05, 3.63) is 0 Å². The van der Waals surface area contributed by atoms with Crippen LogP contribution in [0.3, 0.4) is 0 Å². The Morgan fingerprint density at radius 3 is 2.07 bits per heavy atom. The van der Waals surface area contributed by atoms with Gasteiger partial charge < -0.3 is 15.1 Å². The number of carboxylic acid groups (broad SMARTS) is 1. The average Bonchev–Trinajstić information content (AvgIpc) is 1.95. The van der Waals surface area contributed by atoms with Crippen molar-refractivity contribution in [2.75, 3.05) is 13.1 Å². The van der Waals surface area contributed by atoms with Crippen LogP contribution in [0.2, 0.25) is 0 Å². The highest BCUT2D eigenvalue weighted by atomic mass is 16.4. The first-order valence-corrected chi connectivity index (χ1v) is 5.13. The van der Waals surface area contributed by atoms with E-state index in [2.05, 4.69) is 0 Å². The summed E-state index contributed by atoms with van der Waals surface area (Å²) in [6, 6.07) is 0. The predicted octanol–water partition coefficient (Wildman–Crippen LogP) is -0.166. The van der Waals surface area contributed by atoms with E-state index < -0.39 is 17.0 Å². The first-order valence-electron chi connectivity index (χ1n) is 5.13. The van der Waals surface area contributed by atoms with Crippen LogP contribution in [0.15, 0.2) is 0 Å². The van der Waals surface area contributed by atoms with Crippen molar-refractivity contribution < 1.29 is 19.8 Å². The second-order valence-electron chi connectivity index (χ2n) is 4.65. The third-order valence-corrected chi connectivity index (χ3v) is 3.86. The Hall–Kier alpha value is -1.10. The van der Waals surface area contributed by atoms with Gasteiger partial charge in [-0.15, -0.1) is 0 Å². The van der Waals surface area contributed by atoms with Gasteiger partial charge in [-0.05, 0) is 12.8 Å². The van der Waals surface area contributed by atoms with Crippen LogP contribution in [0.25, 0.3) is 0 Å². The second kappa shape index (κ2) is 2.95. The summed E-state index contributed by atoms with van der Waals surface area (Å²) in [6.45, 7) is 1.75. The molecule has 1 heterocycles. The SMILES string of the molecule is CC(=O)N1CC(O)(C2(C(=O)O)CCC2)C1. The van der Waals surface area contributed by atoms with E-state index in [-0.39, 0.29) is 19.0 Å². The highest BCUT2D eigenvalue weighted by Crippen LogP contribution is 2.52. The van der Waals surface area contributed by atoms with Crippen LogP contribution in [0.5, 0.6) is 0 Å². The number of rotatable bonds is 2. The number of likely N-dealkylation sites (tertiary alicyclic amines) is 1. The van der Waals surface area contributed by atoms with Crippen LogP contribution in [-0.2, 0) is 9.59 Å². The molecule has 1 aliphatic carbocycles. The summed E-state index contributed by atoms with van der Waals surface area (Å²) < 4.78 is 0. The van der Waals surface area contributed by atoms with Gasteiger partial charge in [-0.3, -0.25) is 9.59 Å². The van der Waals surface area contributed by atoms with Gasteiger partial charge in [0.1, 0.15) is 5.60 Å². The molecule has 5 nitrogen and oxygen atoms in total. The smallest absolute Gasteiger partial charge is 0.312 e. The van der Waals surface area contributed by atoms with Crippen molar-refractivity contribution in [1.82, 2.24) is 4.90 Å². The summed E-state index contributed by atoms with van der Waals surface area (Å²) in [5.74, 6) is -1.04. The topological polar surface area (TPSA) is 77.8 Å². The maximum atomic E-state index is 11.2. The van der Waals surface area contributed by atoms with Crippen molar-refractivity contribution >= 4 is 11.9 Å². The Labute approximate surface area is 87.7 Å². The predicted molar refractivity (Wildman–Crippen MR) is 51.1 cm³/mol.